The smallest absolute Gasteiger partial charge is 0.248 e. The third kappa shape index (κ3) is 4.70. The quantitative estimate of drug-likeness (QED) is 0.346. The van der Waals surface area contributed by atoms with Crippen LogP contribution in [0.2, 0.25) is 0 Å². The molecule has 0 fully saturated rings. The predicted molar refractivity (Wildman–Crippen MR) is 130 cm³/mol. The topological polar surface area (TPSA) is 69.9 Å². The van der Waals surface area contributed by atoms with E-state index in [2.05, 4.69) is 5.32 Å². The summed E-state index contributed by atoms with van der Waals surface area (Å²) in [6, 6.07) is 18.8. The molecule has 0 spiro atoms. The maximum atomic E-state index is 12.7. The second-order valence-electron chi connectivity index (χ2n) is 7.48. The molecule has 4 rings (SSSR count). The van der Waals surface area contributed by atoms with Crippen LogP contribution in [0.4, 0.5) is 5.69 Å². The van der Waals surface area contributed by atoms with E-state index in [-0.39, 0.29) is 5.91 Å². The summed E-state index contributed by atoms with van der Waals surface area (Å²) < 4.78 is 22.0. The standard InChI is InChI=1S/C27H25NO5/c1-17(11-27(29)28-19-8-6-10-21(13-19)31-3)22-14-23-24(16-33-26(23)15-25(22)32-4)18-7-5-9-20(12-18)30-2/h5-16H,1-4H3,(H,28,29)/b17-11+. The van der Waals surface area contributed by atoms with Crippen molar-refractivity contribution in [1.29, 1.82) is 0 Å². The number of hydrogen-bond acceptors (Lipinski definition) is 5. The highest BCUT2D eigenvalue weighted by Gasteiger charge is 2.15. The van der Waals surface area contributed by atoms with Gasteiger partial charge in [0.25, 0.3) is 0 Å². The second kappa shape index (κ2) is 9.53. The Morgan fingerprint density at radius 2 is 1.64 bits per heavy atom. The van der Waals surface area contributed by atoms with Crippen LogP contribution in [0.25, 0.3) is 27.7 Å². The molecule has 1 N–H and O–H groups in total. The summed E-state index contributed by atoms with van der Waals surface area (Å²) in [5.41, 5.74) is 4.81. The molecule has 0 aliphatic heterocycles. The first-order valence-electron chi connectivity index (χ1n) is 10.4. The van der Waals surface area contributed by atoms with Gasteiger partial charge < -0.3 is 23.9 Å². The fraction of sp³-hybridized carbons (Fsp3) is 0.148. The molecular weight excluding hydrogens is 418 g/mol. The number of ether oxygens (including phenoxy) is 3. The second-order valence-corrected chi connectivity index (χ2v) is 7.48. The monoisotopic (exact) mass is 443 g/mol. The van der Waals surface area contributed by atoms with Crippen LogP contribution in [0.3, 0.4) is 0 Å². The SMILES string of the molecule is COc1cccc(NC(=O)/C=C(\C)c2cc3c(-c4cccc(OC)c4)coc3cc2OC)c1. The van der Waals surface area contributed by atoms with Crippen LogP contribution >= 0.6 is 0 Å². The lowest BCUT2D eigenvalue weighted by molar-refractivity contribution is -0.111. The van der Waals surface area contributed by atoms with E-state index in [1.165, 1.54) is 0 Å². The Bertz CT molecular complexity index is 1340. The van der Waals surface area contributed by atoms with Crippen molar-refractivity contribution < 1.29 is 23.4 Å². The van der Waals surface area contributed by atoms with Gasteiger partial charge in [0.2, 0.25) is 5.91 Å². The number of carbonyl (C=O) groups excluding carboxylic acids is 1. The summed E-state index contributed by atoms with van der Waals surface area (Å²) >= 11 is 0. The fourth-order valence-corrected chi connectivity index (χ4v) is 3.70. The zero-order valence-electron chi connectivity index (χ0n) is 19.0. The Kier molecular flexibility index (Phi) is 6.36. The largest absolute Gasteiger partial charge is 0.497 e. The highest BCUT2D eigenvalue weighted by atomic mass is 16.5. The summed E-state index contributed by atoms with van der Waals surface area (Å²) in [6.45, 7) is 1.88. The molecule has 0 unspecified atom stereocenters. The van der Waals surface area contributed by atoms with Gasteiger partial charge in [0.05, 0.1) is 27.6 Å². The number of anilines is 1. The van der Waals surface area contributed by atoms with Gasteiger partial charge in [0, 0.05) is 40.4 Å². The molecule has 1 aromatic heterocycles. The predicted octanol–water partition coefficient (Wildman–Crippen LogP) is 6.17. The maximum Gasteiger partial charge on any atom is 0.248 e. The number of methoxy groups -OCH3 is 3. The summed E-state index contributed by atoms with van der Waals surface area (Å²) in [6.07, 6.45) is 3.27. The highest BCUT2D eigenvalue weighted by molar-refractivity contribution is 6.05. The zero-order valence-corrected chi connectivity index (χ0v) is 19.0. The molecule has 33 heavy (non-hydrogen) atoms. The van der Waals surface area contributed by atoms with Crippen LogP contribution in [0.15, 0.2) is 77.4 Å². The number of carbonyl (C=O) groups is 1. The zero-order chi connectivity index (χ0) is 23.4. The van der Waals surface area contributed by atoms with Crippen molar-refractivity contribution in [2.45, 2.75) is 6.92 Å². The molecule has 1 heterocycles. The number of allylic oxidation sites excluding steroid dienone is 1. The first-order chi connectivity index (χ1) is 16.0. The Balaban J connectivity index is 1.70. The summed E-state index contributed by atoms with van der Waals surface area (Å²) in [5, 5.41) is 3.78. The molecule has 0 saturated heterocycles. The molecule has 0 saturated carbocycles. The average molecular weight is 443 g/mol. The molecule has 6 nitrogen and oxygen atoms in total. The number of fused-ring (bicyclic) bond motifs is 1. The Hall–Kier alpha value is -4.19. The van der Waals surface area contributed by atoms with Gasteiger partial charge in [0.1, 0.15) is 22.8 Å². The van der Waals surface area contributed by atoms with Gasteiger partial charge in [0.15, 0.2) is 0 Å². The van der Waals surface area contributed by atoms with Crippen molar-refractivity contribution in [3.05, 3.63) is 78.6 Å². The fourth-order valence-electron chi connectivity index (χ4n) is 3.70. The molecule has 6 heteroatoms. The molecule has 4 aromatic rings. The third-order valence-corrected chi connectivity index (χ3v) is 5.39. The van der Waals surface area contributed by atoms with E-state index in [1.807, 2.05) is 61.5 Å². The van der Waals surface area contributed by atoms with Crippen LogP contribution < -0.4 is 19.5 Å². The van der Waals surface area contributed by atoms with Crippen LogP contribution in [0, 0.1) is 0 Å². The molecular formula is C27H25NO5. The minimum Gasteiger partial charge on any atom is -0.497 e. The highest BCUT2D eigenvalue weighted by Crippen LogP contribution is 2.38. The number of hydrogen-bond donors (Lipinski definition) is 1. The molecule has 0 aliphatic rings. The molecule has 0 radical (unpaired) electrons. The number of rotatable bonds is 7. The van der Waals surface area contributed by atoms with E-state index >= 15 is 0 Å². The first kappa shape index (κ1) is 22.0. The van der Waals surface area contributed by atoms with Crippen molar-refractivity contribution >= 4 is 28.1 Å². The lowest BCUT2D eigenvalue weighted by Gasteiger charge is -2.11. The van der Waals surface area contributed by atoms with Gasteiger partial charge in [-0.1, -0.05) is 18.2 Å². The molecule has 0 aliphatic carbocycles. The summed E-state index contributed by atoms with van der Waals surface area (Å²) in [7, 11) is 4.82. The molecule has 3 aromatic carbocycles. The van der Waals surface area contributed by atoms with Gasteiger partial charge >= 0.3 is 0 Å². The molecule has 0 atom stereocenters. The van der Waals surface area contributed by atoms with Gasteiger partial charge in [-0.15, -0.1) is 0 Å². The van der Waals surface area contributed by atoms with Crippen LogP contribution in [0.1, 0.15) is 12.5 Å². The number of furan rings is 1. The maximum absolute atomic E-state index is 12.7. The molecule has 1 amide bonds. The van der Waals surface area contributed by atoms with Gasteiger partial charge in [-0.05, 0) is 48.4 Å². The van der Waals surface area contributed by atoms with Crippen molar-refractivity contribution in [2.75, 3.05) is 26.6 Å². The molecule has 0 bridgehead atoms. The van der Waals surface area contributed by atoms with Gasteiger partial charge in [-0.2, -0.15) is 0 Å². The van der Waals surface area contributed by atoms with Gasteiger partial charge in [-0.3, -0.25) is 4.79 Å². The van der Waals surface area contributed by atoms with E-state index in [1.54, 1.807) is 39.7 Å². The Morgan fingerprint density at radius 1 is 0.909 bits per heavy atom. The number of amides is 1. The third-order valence-electron chi connectivity index (χ3n) is 5.39. The van der Waals surface area contributed by atoms with Crippen molar-refractivity contribution in [2.24, 2.45) is 0 Å². The Morgan fingerprint density at radius 3 is 2.36 bits per heavy atom. The summed E-state index contributed by atoms with van der Waals surface area (Å²) in [4.78, 5) is 12.7. The average Bonchev–Trinajstić information content (AvgIpc) is 3.26. The van der Waals surface area contributed by atoms with Crippen LogP contribution in [-0.2, 0) is 4.79 Å². The van der Waals surface area contributed by atoms with E-state index in [0.29, 0.717) is 22.8 Å². The minimum atomic E-state index is -0.247. The van der Waals surface area contributed by atoms with E-state index in [4.69, 9.17) is 18.6 Å². The van der Waals surface area contributed by atoms with Gasteiger partial charge in [-0.25, -0.2) is 0 Å². The van der Waals surface area contributed by atoms with E-state index < -0.39 is 0 Å². The lowest BCUT2D eigenvalue weighted by Crippen LogP contribution is -2.08. The normalized spacial score (nSPS) is 11.3. The number of nitrogens with one attached hydrogen (secondary N) is 1. The van der Waals surface area contributed by atoms with Crippen LogP contribution in [-0.4, -0.2) is 27.2 Å². The summed E-state index contributed by atoms with van der Waals surface area (Å²) in [5.74, 6) is 1.81. The lowest BCUT2D eigenvalue weighted by atomic mass is 9.99. The van der Waals surface area contributed by atoms with Crippen molar-refractivity contribution in [1.82, 2.24) is 0 Å². The van der Waals surface area contributed by atoms with Crippen molar-refractivity contribution in [3.8, 4) is 28.4 Å². The van der Waals surface area contributed by atoms with E-state index in [9.17, 15) is 4.79 Å². The minimum absolute atomic E-state index is 0.247. The van der Waals surface area contributed by atoms with Crippen LogP contribution in [0.5, 0.6) is 17.2 Å². The Labute approximate surface area is 192 Å². The van der Waals surface area contributed by atoms with E-state index in [0.717, 1.165) is 33.4 Å². The number of benzene rings is 3. The van der Waals surface area contributed by atoms with Crippen molar-refractivity contribution in [3.63, 3.8) is 0 Å². The first-order valence-corrected chi connectivity index (χ1v) is 10.4. The molecule has 168 valence electrons.